The molecule has 0 radical (unpaired) electrons. The minimum absolute atomic E-state index is 0.0920. The first-order valence-corrected chi connectivity index (χ1v) is 5.64. The van der Waals surface area contributed by atoms with Gasteiger partial charge in [0.25, 0.3) is 5.56 Å². The van der Waals surface area contributed by atoms with Crippen LogP contribution in [0.5, 0.6) is 0 Å². The smallest absolute Gasteiger partial charge is 0.274 e. The SMILES string of the molecule is Cn1ccc2ccn(C3CCNC3)c2c1=O. The molecular formula is C12H15N3O. The van der Waals surface area contributed by atoms with E-state index in [-0.39, 0.29) is 5.56 Å². The number of aromatic nitrogens is 2. The van der Waals surface area contributed by atoms with Gasteiger partial charge in [-0.2, -0.15) is 0 Å². The van der Waals surface area contributed by atoms with E-state index < -0.39 is 0 Å². The van der Waals surface area contributed by atoms with Crippen molar-refractivity contribution < 1.29 is 0 Å². The summed E-state index contributed by atoms with van der Waals surface area (Å²) in [6.45, 7) is 2.00. The second-order valence-electron chi connectivity index (χ2n) is 4.41. The summed E-state index contributed by atoms with van der Waals surface area (Å²) in [5, 5.41) is 4.37. The molecule has 0 aromatic carbocycles. The number of pyridine rings is 1. The summed E-state index contributed by atoms with van der Waals surface area (Å²) in [6.07, 6.45) is 4.95. The van der Waals surface area contributed by atoms with E-state index in [0.717, 1.165) is 30.4 Å². The van der Waals surface area contributed by atoms with Crippen LogP contribution >= 0.6 is 0 Å². The summed E-state index contributed by atoms with van der Waals surface area (Å²) < 4.78 is 3.76. The molecule has 0 amide bonds. The lowest BCUT2D eigenvalue weighted by atomic mass is 10.2. The average Bonchev–Trinajstić information content (AvgIpc) is 2.91. The van der Waals surface area contributed by atoms with Crippen molar-refractivity contribution in [2.75, 3.05) is 13.1 Å². The average molecular weight is 217 g/mol. The van der Waals surface area contributed by atoms with Gasteiger partial charge in [0.05, 0.1) is 0 Å². The summed E-state index contributed by atoms with van der Waals surface area (Å²) in [5.41, 5.74) is 0.924. The van der Waals surface area contributed by atoms with Gasteiger partial charge in [-0.1, -0.05) is 0 Å². The largest absolute Gasteiger partial charge is 0.339 e. The van der Waals surface area contributed by atoms with E-state index in [1.54, 1.807) is 11.6 Å². The van der Waals surface area contributed by atoms with Crippen LogP contribution in [0.3, 0.4) is 0 Å². The van der Waals surface area contributed by atoms with Crippen LogP contribution in [-0.2, 0) is 7.05 Å². The fourth-order valence-corrected chi connectivity index (χ4v) is 2.44. The maximum Gasteiger partial charge on any atom is 0.274 e. The Morgan fingerprint density at radius 2 is 2.19 bits per heavy atom. The lowest BCUT2D eigenvalue weighted by Gasteiger charge is -2.12. The van der Waals surface area contributed by atoms with Crippen molar-refractivity contribution in [2.45, 2.75) is 12.5 Å². The third kappa shape index (κ3) is 1.30. The Morgan fingerprint density at radius 3 is 2.94 bits per heavy atom. The van der Waals surface area contributed by atoms with Gasteiger partial charge in [-0.05, 0) is 25.1 Å². The minimum atomic E-state index is 0.0920. The van der Waals surface area contributed by atoms with Gasteiger partial charge in [0.2, 0.25) is 0 Å². The van der Waals surface area contributed by atoms with Crippen LogP contribution in [0.25, 0.3) is 10.9 Å². The number of nitrogens with zero attached hydrogens (tertiary/aromatic N) is 2. The third-order valence-corrected chi connectivity index (χ3v) is 3.37. The zero-order chi connectivity index (χ0) is 11.1. The molecule has 0 saturated carbocycles. The Kier molecular flexibility index (Phi) is 2.11. The highest BCUT2D eigenvalue weighted by Crippen LogP contribution is 2.21. The van der Waals surface area contributed by atoms with Crippen molar-refractivity contribution in [3.8, 4) is 0 Å². The molecular weight excluding hydrogens is 202 g/mol. The molecule has 3 rings (SSSR count). The Labute approximate surface area is 93.5 Å². The van der Waals surface area contributed by atoms with Crippen molar-refractivity contribution in [1.29, 1.82) is 0 Å². The molecule has 1 atom stereocenters. The number of rotatable bonds is 1. The molecule has 0 bridgehead atoms. The number of fused-ring (bicyclic) bond motifs is 1. The van der Waals surface area contributed by atoms with Crippen LogP contribution in [0.4, 0.5) is 0 Å². The van der Waals surface area contributed by atoms with Gasteiger partial charge in [-0.25, -0.2) is 0 Å². The molecule has 1 N–H and O–H groups in total. The van der Waals surface area contributed by atoms with Gasteiger partial charge in [-0.3, -0.25) is 4.79 Å². The minimum Gasteiger partial charge on any atom is -0.339 e. The van der Waals surface area contributed by atoms with E-state index in [0.29, 0.717) is 6.04 Å². The van der Waals surface area contributed by atoms with Crippen molar-refractivity contribution in [3.63, 3.8) is 0 Å². The summed E-state index contributed by atoms with van der Waals surface area (Å²) in [4.78, 5) is 12.1. The van der Waals surface area contributed by atoms with E-state index in [1.807, 2.05) is 24.5 Å². The summed E-state index contributed by atoms with van der Waals surface area (Å²) >= 11 is 0. The quantitative estimate of drug-likeness (QED) is 0.770. The first kappa shape index (κ1) is 9.66. The molecule has 4 heteroatoms. The van der Waals surface area contributed by atoms with Crippen molar-refractivity contribution >= 4 is 10.9 Å². The van der Waals surface area contributed by atoms with Gasteiger partial charge < -0.3 is 14.5 Å². The topological polar surface area (TPSA) is 39.0 Å². The van der Waals surface area contributed by atoms with Gasteiger partial charge in [0.1, 0.15) is 5.52 Å². The Morgan fingerprint density at radius 1 is 1.38 bits per heavy atom. The molecule has 2 aromatic heterocycles. The molecule has 3 heterocycles. The Balaban J connectivity index is 2.25. The number of nitrogens with one attached hydrogen (secondary N) is 1. The molecule has 1 fully saturated rings. The molecule has 0 spiro atoms. The van der Waals surface area contributed by atoms with E-state index >= 15 is 0 Å². The second-order valence-corrected chi connectivity index (χ2v) is 4.41. The first-order chi connectivity index (χ1) is 7.77. The monoisotopic (exact) mass is 217 g/mol. The number of hydrogen-bond donors (Lipinski definition) is 1. The van der Waals surface area contributed by atoms with Crippen LogP contribution in [0, 0.1) is 0 Å². The lowest BCUT2D eigenvalue weighted by Crippen LogP contribution is -2.21. The molecule has 1 aliphatic rings. The third-order valence-electron chi connectivity index (χ3n) is 3.37. The van der Waals surface area contributed by atoms with Gasteiger partial charge in [-0.15, -0.1) is 0 Å². The van der Waals surface area contributed by atoms with Gasteiger partial charge in [0, 0.05) is 37.4 Å². The standard InChI is InChI=1S/C12H15N3O/c1-14-6-3-9-4-7-15(11(9)12(14)16)10-2-5-13-8-10/h3-4,6-7,10,13H,2,5,8H2,1H3. The molecule has 84 valence electrons. The van der Waals surface area contributed by atoms with Gasteiger partial charge >= 0.3 is 0 Å². The molecule has 0 aliphatic carbocycles. The fraction of sp³-hybridized carbons (Fsp3) is 0.417. The highest BCUT2D eigenvalue weighted by atomic mass is 16.1. The Bertz CT molecular complexity index is 575. The van der Waals surface area contributed by atoms with Crippen molar-refractivity contribution in [3.05, 3.63) is 34.9 Å². The predicted molar refractivity (Wildman–Crippen MR) is 63.7 cm³/mol. The highest BCUT2D eigenvalue weighted by Gasteiger charge is 2.19. The Hall–Kier alpha value is -1.55. The summed E-state index contributed by atoms with van der Waals surface area (Å²) in [6, 6.07) is 4.44. The van der Waals surface area contributed by atoms with E-state index in [1.165, 1.54) is 0 Å². The van der Waals surface area contributed by atoms with Crippen molar-refractivity contribution in [1.82, 2.24) is 14.5 Å². The molecule has 1 aliphatic heterocycles. The molecule has 1 saturated heterocycles. The van der Waals surface area contributed by atoms with Crippen LogP contribution in [0.2, 0.25) is 0 Å². The summed E-state index contributed by atoms with van der Waals surface area (Å²) in [5.74, 6) is 0. The predicted octanol–water partition coefficient (Wildman–Crippen LogP) is 0.874. The molecule has 2 aromatic rings. The lowest BCUT2D eigenvalue weighted by molar-refractivity contribution is 0.563. The van der Waals surface area contributed by atoms with Crippen LogP contribution in [-0.4, -0.2) is 22.2 Å². The number of aryl methyl sites for hydroxylation is 1. The molecule has 16 heavy (non-hydrogen) atoms. The first-order valence-electron chi connectivity index (χ1n) is 5.64. The highest BCUT2D eigenvalue weighted by molar-refractivity contribution is 5.79. The van der Waals surface area contributed by atoms with Crippen LogP contribution in [0.15, 0.2) is 29.3 Å². The van der Waals surface area contributed by atoms with Crippen LogP contribution in [0.1, 0.15) is 12.5 Å². The molecule has 4 nitrogen and oxygen atoms in total. The van der Waals surface area contributed by atoms with Crippen molar-refractivity contribution in [2.24, 2.45) is 7.05 Å². The van der Waals surface area contributed by atoms with E-state index in [2.05, 4.69) is 9.88 Å². The van der Waals surface area contributed by atoms with Gasteiger partial charge in [0.15, 0.2) is 0 Å². The maximum absolute atomic E-state index is 12.1. The van der Waals surface area contributed by atoms with Crippen LogP contribution < -0.4 is 10.9 Å². The second kappa shape index (κ2) is 3.49. The zero-order valence-corrected chi connectivity index (χ0v) is 9.31. The normalized spacial score (nSPS) is 20.7. The summed E-state index contributed by atoms with van der Waals surface area (Å²) in [7, 11) is 1.80. The molecule has 1 unspecified atom stereocenters. The zero-order valence-electron chi connectivity index (χ0n) is 9.31. The fourth-order valence-electron chi connectivity index (χ4n) is 2.44. The number of hydrogen-bond acceptors (Lipinski definition) is 2. The van der Waals surface area contributed by atoms with E-state index in [9.17, 15) is 4.79 Å². The van der Waals surface area contributed by atoms with E-state index in [4.69, 9.17) is 0 Å². The maximum atomic E-state index is 12.1.